The molecule has 0 atom stereocenters. The van der Waals surface area contributed by atoms with Crippen molar-refractivity contribution in [3.8, 4) is 6.26 Å². The van der Waals surface area contributed by atoms with Crippen LogP contribution >= 0.6 is 0 Å². The van der Waals surface area contributed by atoms with Gasteiger partial charge in [-0.05, 0) is 37.5 Å². The van der Waals surface area contributed by atoms with Gasteiger partial charge >= 0.3 is 0 Å². The Morgan fingerprint density at radius 3 is 1.62 bits per heavy atom. The van der Waals surface area contributed by atoms with Gasteiger partial charge in [0.05, 0.1) is 0 Å². The lowest BCUT2D eigenvalue weighted by atomic mass is 9.75. The van der Waals surface area contributed by atoms with Crippen molar-refractivity contribution in [3.63, 3.8) is 0 Å². The van der Waals surface area contributed by atoms with Gasteiger partial charge in [-0.25, -0.2) is 0 Å². The van der Waals surface area contributed by atoms with Gasteiger partial charge in [0, 0.05) is 0 Å². The predicted octanol–water partition coefficient (Wildman–Crippen LogP) is 4.01. The van der Waals surface area contributed by atoms with Gasteiger partial charge < -0.3 is 4.74 Å². The van der Waals surface area contributed by atoms with Crippen molar-refractivity contribution < 1.29 is 4.74 Å². The Morgan fingerprint density at radius 2 is 1.25 bits per heavy atom. The number of ether oxygens (including phenoxy) is 1. The van der Waals surface area contributed by atoms with Crippen LogP contribution in [0.15, 0.2) is 0 Å². The molecule has 0 saturated heterocycles. The summed E-state index contributed by atoms with van der Waals surface area (Å²) in [6.07, 6.45) is 15.4. The van der Waals surface area contributed by atoms with E-state index >= 15 is 0 Å². The van der Waals surface area contributed by atoms with Crippen molar-refractivity contribution in [2.75, 3.05) is 0 Å². The second-order valence-corrected chi connectivity index (χ2v) is 5.47. The van der Waals surface area contributed by atoms with Crippen LogP contribution in [0.25, 0.3) is 0 Å². The zero-order chi connectivity index (χ0) is 11.2. The first-order chi connectivity index (χ1) is 7.92. The summed E-state index contributed by atoms with van der Waals surface area (Å²) >= 11 is 0. The van der Waals surface area contributed by atoms with Crippen LogP contribution in [0.5, 0.6) is 0 Å². The van der Waals surface area contributed by atoms with E-state index in [1.54, 1.807) is 0 Å². The molecule has 16 heavy (non-hydrogen) atoms. The van der Waals surface area contributed by atoms with Crippen molar-refractivity contribution >= 4 is 0 Å². The standard InChI is InChI=1S/C14H23NO/c15-11-16-14(12-7-3-1-4-8-12)13-9-5-2-6-10-13/h12-14H,1-10H2. The molecule has 90 valence electrons. The van der Waals surface area contributed by atoms with E-state index in [0.717, 1.165) is 0 Å². The lowest BCUT2D eigenvalue weighted by Crippen LogP contribution is -2.33. The summed E-state index contributed by atoms with van der Waals surface area (Å²) in [6.45, 7) is 0. The number of hydrogen-bond acceptors (Lipinski definition) is 2. The van der Waals surface area contributed by atoms with Crippen molar-refractivity contribution in [1.82, 2.24) is 0 Å². The van der Waals surface area contributed by atoms with E-state index in [4.69, 9.17) is 10.00 Å². The van der Waals surface area contributed by atoms with Gasteiger partial charge in [0.1, 0.15) is 6.10 Å². The molecular weight excluding hydrogens is 198 g/mol. The van der Waals surface area contributed by atoms with Crippen LogP contribution in [-0.2, 0) is 4.74 Å². The zero-order valence-electron chi connectivity index (χ0n) is 10.2. The van der Waals surface area contributed by atoms with E-state index in [1.165, 1.54) is 64.2 Å². The van der Waals surface area contributed by atoms with Crippen LogP contribution in [-0.4, -0.2) is 6.10 Å². The SMILES string of the molecule is N#COC(C1CCCCC1)C1CCCCC1. The van der Waals surface area contributed by atoms with E-state index < -0.39 is 0 Å². The lowest BCUT2D eigenvalue weighted by molar-refractivity contribution is 0.0150. The molecule has 0 aromatic rings. The molecule has 0 bridgehead atoms. The molecule has 0 amide bonds. The van der Waals surface area contributed by atoms with Crippen molar-refractivity contribution in [3.05, 3.63) is 0 Å². The first-order valence-corrected chi connectivity index (χ1v) is 6.96. The average Bonchev–Trinajstić information content (AvgIpc) is 2.38. The molecule has 0 spiro atoms. The van der Waals surface area contributed by atoms with Gasteiger partial charge in [0.15, 0.2) is 0 Å². The molecule has 2 nitrogen and oxygen atoms in total. The molecule has 0 N–H and O–H groups in total. The van der Waals surface area contributed by atoms with Crippen LogP contribution in [0.1, 0.15) is 64.2 Å². The Hall–Kier alpha value is -0.710. The van der Waals surface area contributed by atoms with E-state index in [2.05, 4.69) is 0 Å². The number of nitrogens with zero attached hydrogens (tertiary/aromatic N) is 1. The Balaban J connectivity index is 1.94. The van der Waals surface area contributed by atoms with Gasteiger partial charge in [-0.2, -0.15) is 5.26 Å². The minimum atomic E-state index is 0.241. The van der Waals surface area contributed by atoms with E-state index in [-0.39, 0.29) is 6.10 Å². The van der Waals surface area contributed by atoms with E-state index in [1.807, 2.05) is 6.26 Å². The molecule has 0 radical (unpaired) electrons. The van der Waals surface area contributed by atoms with Gasteiger partial charge in [0.25, 0.3) is 6.26 Å². The predicted molar refractivity (Wildman–Crippen MR) is 63.6 cm³/mol. The topological polar surface area (TPSA) is 33.0 Å². The highest BCUT2D eigenvalue weighted by Crippen LogP contribution is 2.37. The summed E-state index contributed by atoms with van der Waals surface area (Å²) < 4.78 is 5.43. The second kappa shape index (κ2) is 6.13. The maximum atomic E-state index is 8.83. The number of rotatable bonds is 3. The summed E-state index contributed by atoms with van der Waals surface area (Å²) in [4.78, 5) is 0. The van der Waals surface area contributed by atoms with Crippen LogP contribution < -0.4 is 0 Å². The molecule has 2 heteroatoms. The maximum absolute atomic E-state index is 8.83. The molecular formula is C14H23NO. The minimum absolute atomic E-state index is 0.241. The minimum Gasteiger partial charge on any atom is -0.424 e. The lowest BCUT2D eigenvalue weighted by Gasteiger charge is -2.35. The zero-order valence-corrected chi connectivity index (χ0v) is 10.2. The van der Waals surface area contributed by atoms with Crippen LogP contribution in [0, 0.1) is 23.4 Å². The summed E-state index contributed by atoms with van der Waals surface area (Å²) in [5.41, 5.74) is 0. The van der Waals surface area contributed by atoms with Crippen molar-refractivity contribution in [2.24, 2.45) is 11.8 Å². The fourth-order valence-electron chi connectivity index (χ4n) is 3.56. The van der Waals surface area contributed by atoms with Gasteiger partial charge in [-0.3, -0.25) is 0 Å². The molecule has 2 fully saturated rings. The fourth-order valence-corrected chi connectivity index (χ4v) is 3.56. The highest BCUT2D eigenvalue weighted by Gasteiger charge is 2.32. The summed E-state index contributed by atoms with van der Waals surface area (Å²) in [7, 11) is 0. The summed E-state index contributed by atoms with van der Waals surface area (Å²) in [5.74, 6) is 1.33. The Morgan fingerprint density at radius 1 is 0.812 bits per heavy atom. The molecule has 2 saturated carbocycles. The number of hydrogen-bond donors (Lipinski definition) is 0. The first-order valence-electron chi connectivity index (χ1n) is 6.96. The van der Waals surface area contributed by atoms with Gasteiger partial charge in [-0.15, -0.1) is 0 Å². The average molecular weight is 221 g/mol. The highest BCUT2D eigenvalue weighted by molar-refractivity contribution is 4.84. The Kier molecular flexibility index (Phi) is 4.51. The molecule has 2 aliphatic carbocycles. The largest absolute Gasteiger partial charge is 0.424 e. The number of nitriles is 1. The van der Waals surface area contributed by atoms with Gasteiger partial charge in [-0.1, -0.05) is 38.5 Å². The summed E-state index contributed by atoms with van der Waals surface area (Å²) in [5, 5.41) is 8.83. The quantitative estimate of drug-likeness (QED) is 0.674. The van der Waals surface area contributed by atoms with Gasteiger partial charge in [0.2, 0.25) is 0 Å². The Bertz CT molecular complexity index is 216. The molecule has 2 rings (SSSR count). The normalized spacial score (nSPS) is 24.2. The van der Waals surface area contributed by atoms with Crippen LogP contribution in [0.4, 0.5) is 0 Å². The Labute approximate surface area is 99.0 Å². The third-order valence-electron chi connectivity index (χ3n) is 4.42. The van der Waals surface area contributed by atoms with Crippen LogP contribution in [0.3, 0.4) is 0 Å². The third-order valence-corrected chi connectivity index (χ3v) is 4.42. The molecule has 0 unspecified atom stereocenters. The summed E-state index contributed by atoms with van der Waals surface area (Å²) in [6, 6.07) is 0. The van der Waals surface area contributed by atoms with Crippen molar-refractivity contribution in [2.45, 2.75) is 70.3 Å². The van der Waals surface area contributed by atoms with Crippen LogP contribution in [0.2, 0.25) is 0 Å². The maximum Gasteiger partial charge on any atom is 0.286 e. The molecule has 0 aromatic carbocycles. The molecule has 0 heterocycles. The third kappa shape index (κ3) is 2.90. The van der Waals surface area contributed by atoms with E-state index in [0.29, 0.717) is 11.8 Å². The molecule has 0 aliphatic heterocycles. The first kappa shape index (κ1) is 11.8. The smallest absolute Gasteiger partial charge is 0.286 e. The second-order valence-electron chi connectivity index (χ2n) is 5.47. The van der Waals surface area contributed by atoms with E-state index in [9.17, 15) is 0 Å². The molecule has 0 aromatic heterocycles. The monoisotopic (exact) mass is 221 g/mol. The van der Waals surface area contributed by atoms with Crippen molar-refractivity contribution in [1.29, 1.82) is 5.26 Å². The fraction of sp³-hybridized carbons (Fsp3) is 0.929. The molecule has 2 aliphatic rings. The highest BCUT2D eigenvalue weighted by atomic mass is 16.5.